The molecule has 6 aromatic rings. The maximum absolute atomic E-state index is 8.48. The van der Waals surface area contributed by atoms with Gasteiger partial charge >= 0.3 is 14.0 Å². The topological polar surface area (TPSA) is 36.9 Å². The summed E-state index contributed by atoms with van der Waals surface area (Å²) in [5, 5.41) is 1.79. The lowest BCUT2D eigenvalue weighted by Crippen LogP contribution is -2.28. The van der Waals surface area contributed by atoms with Crippen LogP contribution in [-0.4, -0.2) is 0 Å². The van der Waals surface area contributed by atoms with Gasteiger partial charge in [-0.05, 0) is 125 Å². The van der Waals surface area contributed by atoms with Crippen LogP contribution >= 0.6 is 14.0 Å². The molecule has 0 spiro atoms. The molecule has 0 aliphatic carbocycles. The van der Waals surface area contributed by atoms with Gasteiger partial charge < -0.3 is 18.1 Å². The van der Waals surface area contributed by atoms with Gasteiger partial charge in [-0.1, -0.05) is 239 Å². The standard InChI is InChI=1S/C68H92O4P2/c1-61(2,3)47-30-36-57(53(41-47)65(13,14)15)69-73(70-58-37-31-48(62(4,5)6)42-54(58)66(16,17)18)51-34-28-45(29-35-51)46-26-25-27-52(40-46)74(73,71-59-38-32-49(63(7,8)9)43-55(59)67(19,20)21)72-60-39-33-50(64(10,11)12)44-56(60)68(22,23)24/h25-44H,1-24H3. The first kappa shape index (κ1) is 57.1. The smallest absolute Gasteiger partial charge is 0.326 e. The quantitative estimate of drug-likeness (QED) is 0.142. The van der Waals surface area contributed by atoms with Crippen LogP contribution in [0.3, 0.4) is 0 Å². The Kier molecular flexibility index (Phi) is 14.8. The Morgan fingerprint density at radius 1 is 0.243 bits per heavy atom. The predicted octanol–water partition coefficient (Wildman–Crippen LogP) is 19.9. The van der Waals surface area contributed by atoms with Crippen LogP contribution in [0.15, 0.2) is 121 Å². The summed E-state index contributed by atoms with van der Waals surface area (Å²) in [5.41, 5.74) is 9.69. The van der Waals surface area contributed by atoms with Crippen molar-refractivity contribution in [1.82, 2.24) is 0 Å². The van der Waals surface area contributed by atoms with E-state index >= 15 is 0 Å². The highest BCUT2D eigenvalue weighted by Crippen LogP contribution is 2.76. The molecule has 0 unspecified atom stereocenters. The van der Waals surface area contributed by atoms with E-state index in [2.05, 4.69) is 287 Å². The molecular weight excluding hydrogens is 943 g/mol. The fourth-order valence-electron chi connectivity index (χ4n) is 9.65. The van der Waals surface area contributed by atoms with Gasteiger partial charge in [0.25, 0.3) is 0 Å². The second-order valence-corrected chi connectivity index (χ2v) is 36.4. The SMILES string of the molecule is CC(C)(C)c1ccc(OP2(Oc3ccc(C(C)(C)C)cc3C(C)(C)C)=P(Oc3ccc(C(C)(C)C)cc3C(C)(C)C)(Oc3ccc(C(C)(C)C)cc3C(C)(C)C)c3cccc(c3)-c3ccc2cc3)c(C(C)(C)C)c1. The first-order chi connectivity index (χ1) is 33.6. The summed E-state index contributed by atoms with van der Waals surface area (Å²) in [6.45, 7) is 54.8. The molecule has 2 aliphatic heterocycles. The summed E-state index contributed by atoms with van der Waals surface area (Å²) in [5.74, 6) is 2.99. The minimum Gasteiger partial charge on any atom is -0.435 e. The van der Waals surface area contributed by atoms with Crippen LogP contribution in [0, 0.1) is 0 Å². The van der Waals surface area contributed by atoms with Gasteiger partial charge in [0.2, 0.25) is 0 Å². The lowest BCUT2D eigenvalue weighted by atomic mass is 9.80. The van der Waals surface area contributed by atoms with Crippen LogP contribution in [0.5, 0.6) is 23.0 Å². The molecule has 0 amide bonds. The fourth-order valence-corrected chi connectivity index (χ4v) is 18.9. The molecule has 2 heterocycles. The third-order valence-electron chi connectivity index (χ3n) is 14.5. The highest BCUT2D eigenvalue weighted by atomic mass is 31.9. The Hall–Kier alpha value is -4.62. The van der Waals surface area contributed by atoms with E-state index in [1.807, 2.05) is 0 Å². The molecule has 0 atom stereocenters. The van der Waals surface area contributed by atoms with Crippen molar-refractivity contribution in [1.29, 1.82) is 0 Å². The van der Waals surface area contributed by atoms with Gasteiger partial charge in [-0.25, -0.2) is 0 Å². The molecule has 2 aliphatic rings. The van der Waals surface area contributed by atoms with Gasteiger partial charge in [-0.15, -0.1) is 0 Å². The summed E-state index contributed by atoms with van der Waals surface area (Å²) in [6.07, 6.45) is 0. The maximum Gasteiger partial charge on any atom is 0.326 e. The molecule has 8 rings (SSSR count). The molecule has 74 heavy (non-hydrogen) atoms. The zero-order valence-electron chi connectivity index (χ0n) is 50.1. The molecular formula is C68H92O4P2. The van der Waals surface area contributed by atoms with Gasteiger partial charge in [-0.2, -0.15) is 0 Å². The highest BCUT2D eigenvalue weighted by Gasteiger charge is 2.51. The lowest BCUT2D eigenvalue weighted by molar-refractivity contribution is 0.438. The lowest BCUT2D eigenvalue weighted by Gasteiger charge is -2.41. The van der Waals surface area contributed by atoms with E-state index in [9.17, 15) is 0 Å². The Bertz CT molecular complexity index is 2970. The van der Waals surface area contributed by atoms with Crippen molar-refractivity contribution in [3.8, 4) is 34.1 Å². The Balaban J connectivity index is 1.85. The van der Waals surface area contributed by atoms with E-state index in [1.165, 1.54) is 22.3 Å². The molecule has 4 nitrogen and oxygen atoms in total. The largest absolute Gasteiger partial charge is 0.435 e. The second-order valence-electron chi connectivity index (χ2n) is 29.3. The Morgan fingerprint density at radius 2 is 0.514 bits per heavy atom. The van der Waals surface area contributed by atoms with Gasteiger partial charge in [0.05, 0.1) is 10.6 Å². The van der Waals surface area contributed by atoms with Crippen molar-refractivity contribution in [2.24, 2.45) is 0 Å². The average Bonchev–Trinajstić information content (AvgIpc) is 3.29. The van der Waals surface area contributed by atoms with Crippen LogP contribution in [0.4, 0.5) is 0 Å². The zero-order chi connectivity index (χ0) is 55.2. The summed E-state index contributed by atoms with van der Waals surface area (Å²) in [6, 6.07) is 45.0. The number of fused-ring (bicyclic) bond motifs is 2. The van der Waals surface area contributed by atoms with E-state index in [0.717, 1.165) is 67.0 Å². The van der Waals surface area contributed by atoms with Crippen LogP contribution in [0.1, 0.15) is 211 Å². The van der Waals surface area contributed by atoms with Gasteiger partial charge in [0.1, 0.15) is 23.0 Å². The second kappa shape index (κ2) is 19.1. The monoisotopic (exact) mass is 1030 g/mol. The van der Waals surface area contributed by atoms with Gasteiger partial charge in [0, 0.05) is 22.3 Å². The fraction of sp³-hybridized carbons (Fsp3) is 0.471. The van der Waals surface area contributed by atoms with Crippen molar-refractivity contribution in [3.63, 3.8) is 0 Å². The average molecular weight is 1040 g/mol. The molecule has 398 valence electrons. The molecule has 0 saturated heterocycles. The summed E-state index contributed by atoms with van der Waals surface area (Å²) in [4.78, 5) is 0. The molecule has 0 aromatic heterocycles. The molecule has 0 radical (unpaired) electrons. The van der Waals surface area contributed by atoms with E-state index in [0.29, 0.717) is 0 Å². The first-order valence-corrected chi connectivity index (χ1v) is 31.0. The third kappa shape index (κ3) is 11.5. The van der Waals surface area contributed by atoms with Crippen molar-refractivity contribution in [3.05, 3.63) is 166 Å². The van der Waals surface area contributed by atoms with E-state index < -0.39 is 14.0 Å². The summed E-state index contributed by atoms with van der Waals surface area (Å²) in [7, 11) is -7.87. The molecule has 4 bridgehead atoms. The van der Waals surface area contributed by atoms with Crippen molar-refractivity contribution in [2.45, 2.75) is 209 Å². The van der Waals surface area contributed by atoms with Crippen LogP contribution in [0.25, 0.3) is 11.1 Å². The number of hydrogen-bond acceptors (Lipinski definition) is 4. The van der Waals surface area contributed by atoms with Crippen LogP contribution in [-0.2, 0) is 43.3 Å². The van der Waals surface area contributed by atoms with Gasteiger partial charge in [-0.3, -0.25) is 0 Å². The Labute approximate surface area is 449 Å². The van der Waals surface area contributed by atoms with Crippen molar-refractivity contribution in [2.75, 3.05) is 0 Å². The van der Waals surface area contributed by atoms with Crippen LogP contribution < -0.4 is 28.7 Å². The van der Waals surface area contributed by atoms with Crippen molar-refractivity contribution < 1.29 is 18.1 Å². The normalized spacial score (nSPS) is 15.2. The maximum atomic E-state index is 8.48. The van der Waals surface area contributed by atoms with E-state index in [4.69, 9.17) is 18.1 Å². The van der Waals surface area contributed by atoms with E-state index in [1.54, 1.807) is 0 Å². The molecule has 0 fully saturated rings. The Morgan fingerprint density at radius 3 is 0.770 bits per heavy atom. The minimum absolute atomic E-state index is 0.110. The third-order valence-corrected chi connectivity index (χ3v) is 23.3. The number of rotatable bonds is 8. The van der Waals surface area contributed by atoms with Crippen LogP contribution in [0.2, 0.25) is 0 Å². The zero-order valence-corrected chi connectivity index (χ0v) is 51.9. The van der Waals surface area contributed by atoms with Gasteiger partial charge in [0.15, 0.2) is 0 Å². The summed E-state index contributed by atoms with van der Waals surface area (Å²) >= 11 is 0. The minimum atomic E-state index is -3.94. The molecule has 6 heteroatoms. The van der Waals surface area contributed by atoms with Crippen molar-refractivity contribution >= 4 is 24.6 Å². The molecule has 6 aromatic carbocycles. The summed E-state index contributed by atoms with van der Waals surface area (Å²) < 4.78 is 33.9. The molecule has 0 N–H and O–H groups in total. The number of benzene rings is 6. The molecule has 0 saturated carbocycles. The number of hydrogen-bond donors (Lipinski definition) is 0. The van der Waals surface area contributed by atoms with E-state index in [-0.39, 0.29) is 43.3 Å². The highest BCUT2D eigenvalue weighted by molar-refractivity contribution is 8.19. The first-order valence-electron chi connectivity index (χ1n) is 27.0. The predicted molar refractivity (Wildman–Crippen MR) is 323 cm³/mol.